The third-order valence-electron chi connectivity index (χ3n) is 5.02. The molecule has 1 saturated heterocycles. The predicted molar refractivity (Wildman–Crippen MR) is 80.4 cm³/mol. The average Bonchev–Trinajstić information content (AvgIpc) is 2.43. The maximum atomic E-state index is 6.08. The highest BCUT2D eigenvalue weighted by Crippen LogP contribution is 2.32. The summed E-state index contributed by atoms with van der Waals surface area (Å²) in [6.45, 7) is 9.02. The molecule has 1 aliphatic carbocycles. The van der Waals surface area contributed by atoms with Crippen LogP contribution < -0.4 is 5.32 Å². The van der Waals surface area contributed by atoms with Gasteiger partial charge in [0.2, 0.25) is 0 Å². The Balaban J connectivity index is 1.89. The van der Waals surface area contributed by atoms with Crippen molar-refractivity contribution in [1.82, 2.24) is 10.2 Å². The first kappa shape index (κ1) is 15.3. The molecule has 2 atom stereocenters. The van der Waals surface area contributed by atoms with Gasteiger partial charge in [-0.1, -0.05) is 26.7 Å². The highest BCUT2D eigenvalue weighted by molar-refractivity contribution is 4.89. The van der Waals surface area contributed by atoms with Crippen molar-refractivity contribution in [3.8, 4) is 0 Å². The second-order valence-electron chi connectivity index (χ2n) is 6.54. The number of nitrogens with one attached hydrogen (secondary N) is 1. The number of ether oxygens (including phenoxy) is 1. The zero-order valence-corrected chi connectivity index (χ0v) is 13.0. The lowest BCUT2D eigenvalue weighted by Gasteiger charge is -2.41. The zero-order valence-electron chi connectivity index (χ0n) is 13.0. The first-order valence-corrected chi connectivity index (χ1v) is 8.25. The van der Waals surface area contributed by atoms with Crippen LogP contribution in [-0.2, 0) is 4.74 Å². The second kappa shape index (κ2) is 7.61. The van der Waals surface area contributed by atoms with Crippen molar-refractivity contribution in [3.63, 3.8) is 0 Å². The molecule has 0 bridgehead atoms. The summed E-state index contributed by atoms with van der Waals surface area (Å²) in [5.41, 5.74) is 0. The number of hydrogen-bond acceptors (Lipinski definition) is 3. The Kier molecular flexibility index (Phi) is 6.11. The number of hydrogen-bond donors (Lipinski definition) is 1. The first-order chi connectivity index (χ1) is 9.24. The molecule has 19 heavy (non-hydrogen) atoms. The van der Waals surface area contributed by atoms with E-state index in [4.69, 9.17) is 4.74 Å². The van der Waals surface area contributed by atoms with Crippen molar-refractivity contribution >= 4 is 0 Å². The molecule has 1 aliphatic heterocycles. The third kappa shape index (κ3) is 4.17. The van der Waals surface area contributed by atoms with Crippen LogP contribution in [0.2, 0.25) is 0 Å². The van der Waals surface area contributed by atoms with Crippen LogP contribution in [0.25, 0.3) is 0 Å². The standard InChI is InChI=1S/C16H32N2O/c1-4-9-18-10-11-19-15(12-18)16(17-3)14-7-5-13(2)6-8-14/h13-17H,4-12H2,1-3H3. The molecule has 3 nitrogen and oxygen atoms in total. The molecule has 2 unspecified atom stereocenters. The van der Waals surface area contributed by atoms with Gasteiger partial charge in [0.1, 0.15) is 0 Å². The van der Waals surface area contributed by atoms with Crippen LogP contribution in [0.5, 0.6) is 0 Å². The van der Waals surface area contributed by atoms with Gasteiger partial charge in [-0.25, -0.2) is 0 Å². The van der Waals surface area contributed by atoms with E-state index in [1.807, 2.05) is 0 Å². The van der Waals surface area contributed by atoms with Gasteiger partial charge in [-0.15, -0.1) is 0 Å². The summed E-state index contributed by atoms with van der Waals surface area (Å²) in [6, 6.07) is 0.548. The zero-order chi connectivity index (χ0) is 13.7. The Morgan fingerprint density at radius 1 is 1.26 bits per heavy atom. The fraction of sp³-hybridized carbons (Fsp3) is 1.00. The van der Waals surface area contributed by atoms with Crippen LogP contribution in [0, 0.1) is 11.8 Å². The maximum absolute atomic E-state index is 6.08. The normalized spacial score (nSPS) is 35.2. The summed E-state index contributed by atoms with van der Waals surface area (Å²) in [4.78, 5) is 2.57. The van der Waals surface area contributed by atoms with Gasteiger partial charge in [-0.05, 0) is 44.7 Å². The van der Waals surface area contributed by atoms with E-state index in [0.29, 0.717) is 12.1 Å². The van der Waals surface area contributed by atoms with Crippen molar-refractivity contribution in [1.29, 1.82) is 0 Å². The van der Waals surface area contributed by atoms with Gasteiger partial charge in [0.05, 0.1) is 12.7 Å². The molecule has 112 valence electrons. The van der Waals surface area contributed by atoms with Crippen molar-refractivity contribution in [2.45, 2.75) is 58.1 Å². The lowest BCUT2D eigenvalue weighted by atomic mass is 9.77. The molecular weight excluding hydrogens is 236 g/mol. The molecule has 3 heteroatoms. The minimum atomic E-state index is 0.392. The Labute approximate surface area is 119 Å². The molecule has 2 rings (SSSR count). The maximum Gasteiger partial charge on any atom is 0.0857 e. The largest absolute Gasteiger partial charge is 0.374 e. The number of nitrogens with zero attached hydrogens (tertiary/aromatic N) is 1. The van der Waals surface area contributed by atoms with E-state index in [-0.39, 0.29) is 0 Å². The summed E-state index contributed by atoms with van der Waals surface area (Å²) in [7, 11) is 2.12. The van der Waals surface area contributed by atoms with Gasteiger partial charge in [0.25, 0.3) is 0 Å². The van der Waals surface area contributed by atoms with Crippen LogP contribution in [0.4, 0.5) is 0 Å². The highest BCUT2D eigenvalue weighted by Gasteiger charge is 2.34. The molecule has 0 amide bonds. The summed E-state index contributed by atoms with van der Waals surface area (Å²) in [6.07, 6.45) is 7.18. The smallest absolute Gasteiger partial charge is 0.0857 e. The highest BCUT2D eigenvalue weighted by atomic mass is 16.5. The topological polar surface area (TPSA) is 24.5 Å². The number of likely N-dealkylation sites (N-methyl/N-ethyl adjacent to an activating group) is 1. The number of rotatable bonds is 5. The summed E-state index contributed by atoms with van der Waals surface area (Å²) < 4.78 is 6.08. The lowest BCUT2D eigenvalue weighted by molar-refractivity contribution is -0.0588. The Hall–Kier alpha value is -0.120. The van der Waals surface area contributed by atoms with Crippen LogP contribution >= 0.6 is 0 Å². The van der Waals surface area contributed by atoms with Crippen LogP contribution in [0.1, 0.15) is 46.0 Å². The fourth-order valence-electron chi connectivity index (χ4n) is 3.84. The van der Waals surface area contributed by atoms with Crippen molar-refractivity contribution < 1.29 is 4.74 Å². The molecule has 1 saturated carbocycles. The number of morpholine rings is 1. The van der Waals surface area contributed by atoms with E-state index in [1.54, 1.807) is 0 Å². The molecule has 0 radical (unpaired) electrons. The minimum Gasteiger partial charge on any atom is -0.374 e. The van der Waals surface area contributed by atoms with Gasteiger partial charge in [0.15, 0.2) is 0 Å². The summed E-state index contributed by atoms with van der Waals surface area (Å²) >= 11 is 0. The SMILES string of the molecule is CCCN1CCOC(C(NC)C2CCC(C)CC2)C1. The van der Waals surface area contributed by atoms with Crippen LogP contribution in [0.15, 0.2) is 0 Å². The molecular formula is C16H32N2O. The lowest BCUT2D eigenvalue weighted by Crippen LogP contribution is -2.54. The molecule has 2 aliphatic rings. The van der Waals surface area contributed by atoms with E-state index >= 15 is 0 Å². The van der Waals surface area contributed by atoms with Crippen molar-refractivity contribution in [3.05, 3.63) is 0 Å². The van der Waals surface area contributed by atoms with Gasteiger partial charge in [-0.2, -0.15) is 0 Å². The van der Waals surface area contributed by atoms with Crippen LogP contribution in [-0.4, -0.2) is 50.3 Å². The van der Waals surface area contributed by atoms with Crippen molar-refractivity contribution in [2.24, 2.45) is 11.8 Å². The van der Waals surface area contributed by atoms with Gasteiger partial charge in [0, 0.05) is 19.1 Å². The molecule has 0 aromatic heterocycles. The molecule has 0 spiro atoms. The van der Waals surface area contributed by atoms with Gasteiger partial charge >= 0.3 is 0 Å². The van der Waals surface area contributed by atoms with E-state index < -0.39 is 0 Å². The Morgan fingerprint density at radius 3 is 2.63 bits per heavy atom. The first-order valence-electron chi connectivity index (χ1n) is 8.25. The molecule has 1 N–H and O–H groups in total. The predicted octanol–water partition coefficient (Wildman–Crippen LogP) is 2.51. The molecule has 0 aromatic carbocycles. The van der Waals surface area contributed by atoms with E-state index in [1.165, 1.54) is 38.6 Å². The summed E-state index contributed by atoms with van der Waals surface area (Å²) in [5, 5.41) is 3.57. The minimum absolute atomic E-state index is 0.392. The Morgan fingerprint density at radius 2 is 2.00 bits per heavy atom. The quantitative estimate of drug-likeness (QED) is 0.829. The second-order valence-corrected chi connectivity index (χ2v) is 6.54. The molecule has 2 fully saturated rings. The van der Waals surface area contributed by atoms with E-state index in [2.05, 4.69) is 31.1 Å². The van der Waals surface area contributed by atoms with E-state index in [0.717, 1.165) is 31.5 Å². The van der Waals surface area contributed by atoms with Gasteiger partial charge < -0.3 is 10.1 Å². The third-order valence-corrected chi connectivity index (χ3v) is 5.02. The van der Waals surface area contributed by atoms with E-state index in [9.17, 15) is 0 Å². The average molecular weight is 268 g/mol. The van der Waals surface area contributed by atoms with Gasteiger partial charge in [-0.3, -0.25) is 4.90 Å². The van der Waals surface area contributed by atoms with Crippen molar-refractivity contribution in [2.75, 3.05) is 33.3 Å². The molecule has 0 aromatic rings. The molecule has 1 heterocycles. The monoisotopic (exact) mass is 268 g/mol. The fourth-order valence-corrected chi connectivity index (χ4v) is 3.84. The Bertz CT molecular complexity index is 249. The van der Waals surface area contributed by atoms with Crippen LogP contribution in [0.3, 0.4) is 0 Å². The summed E-state index contributed by atoms with van der Waals surface area (Å²) in [5.74, 6) is 1.74.